The number of hydrogen-bond donors (Lipinski definition) is 1. The second-order valence-corrected chi connectivity index (χ2v) is 5.93. The van der Waals surface area contributed by atoms with E-state index in [2.05, 4.69) is 30.1 Å². The van der Waals surface area contributed by atoms with Crippen LogP contribution in [0.1, 0.15) is 43.8 Å². The normalized spacial score (nSPS) is 16.4. The summed E-state index contributed by atoms with van der Waals surface area (Å²) in [7, 11) is 0. The van der Waals surface area contributed by atoms with Gasteiger partial charge in [0.2, 0.25) is 0 Å². The monoisotopic (exact) mass is 280 g/mol. The van der Waals surface area contributed by atoms with Gasteiger partial charge in [-0.15, -0.1) is 0 Å². The van der Waals surface area contributed by atoms with Crippen LogP contribution in [0, 0.1) is 6.92 Å². The molecular weight excluding hydrogens is 252 g/mol. The van der Waals surface area contributed by atoms with E-state index in [1.165, 1.54) is 31.5 Å². The van der Waals surface area contributed by atoms with E-state index < -0.39 is 0 Å². The van der Waals surface area contributed by atoms with Crippen LogP contribution in [0.25, 0.3) is 0 Å². The zero-order valence-electron chi connectivity index (χ0n) is 13.1. The summed E-state index contributed by atoms with van der Waals surface area (Å²) >= 11 is 0. The zero-order valence-corrected chi connectivity index (χ0v) is 13.1. The number of aryl methyl sites for hydroxylation is 1. The maximum absolute atomic E-state index is 5.78. The maximum atomic E-state index is 5.78. The van der Waals surface area contributed by atoms with E-state index in [-0.39, 0.29) is 0 Å². The molecule has 20 heavy (non-hydrogen) atoms. The Morgan fingerprint density at radius 3 is 2.80 bits per heavy atom. The second kappa shape index (κ2) is 7.81. The Bertz CT molecular complexity index is 395. The van der Waals surface area contributed by atoms with Crippen molar-refractivity contribution >= 4 is 0 Å². The van der Waals surface area contributed by atoms with Crippen LogP contribution in [0.15, 0.2) is 10.5 Å². The Kier molecular flexibility index (Phi) is 6.07. The maximum Gasteiger partial charge on any atom is 0.118 e. The quantitative estimate of drug-likeness (QED) is 0.743. The Hall–Kier alpha value is -0.840. The zero-order chi connectivity index (χ0) is 14.4. The molecule has 1 aromatic heterocycles. The van der Waals surface area contributed by atoms with Crippen molar-refractivity contribution in [1.82, 2.24) is 10.2 Å². The Morgan fingerprint density at radius 1 is 1.35 bits per heavy atom. The van der Waals surface area contributed by atoms with Crippen molar-refractivity contribution in [1.29, 1.82) is 0 Å². The van der Waals surface area contributed by atoms with E-state index in [9.17, 15) is 0 Å². The largest absolute Gasteiger partial charge is 0.465 e. The average molecular weight is 280 g/mol. The summed E-state index contributed by atoms with van der Waals surface area (Å²) < 4.78 is 11.5. The first-order valence-electron chi connectivity index (χ1n) is 7.77. The lowest BCUT2D eigenvalue weighted by Gasteiger charge is -2.13. The van der Waals surface area contributed by atoms with Crippen molar-refractivity contribution in [2.24, 2.45) is 0 Å². The van der Waals surface area contributed by atoms with Crippen molar-refractivity contribution in [2.45, 2.75) is 52.8 Å². The van der Waals surface area contributed by atoms with Gasteiger partial charge in [-0.2, -0.15) is 0 Å². The van der Waals surface area contributed by atoms with Gasteiger partial charge >= 0.3 is 0 Å². The highest BCUT2D eigenvalue weighted by Crippen LogP contribution is 2.16. The molecule has 1 aliphatic heterocycles. The predicted octanol–water partition coefficient (Wildman–Crippen LogP) is 2.70. The summed E-state index contributed by atoms with van der Waals surface area (Å²) in [5, 5.41) is 3.37. The molecule has 0 amide bonds. The van der Waals surface area contributed by atoms with Crippen molar-refractivity contribution < 1.29 is 9.15 Å². The Morgan fingerprint density at radius 2 is 2.10 bits per heavy atom. The summed E-state index contributed by atoms with van der Waals surface area (Å²) in [5.41, 5.74) is 1.17. The summed E-state index contributed by atoms with van der Waals surface area (Å²) in [5.74, 6) is 1.97. The molecule has 0 aromatic carbocycles. The van der Waals surface area contributed by atoms with Crippen LogP contribution in [-0.2, 0) is 17.9 Å². The third kappa shape index (κ3) is 4.93. The van der Waals surface area contributed by atoms with Gasteiger partial charge in [-0.05, 0) is 38.9 Å². The predicted molar refractivity (Wildman–Crippen MR) is 80.8 cm³/mol. The van der Waals surface area contributed by atoms with Crippen LogP contribution in [0.5, 0.6) is 0 Å². The van der Waals surface area contributed by atoms with E-state index >= 15 is 0 Å². The van der Waals surface area contributed by atoms with E-state index in [1.54, 1.807) is 0 Å². The molecule has 114 valence electrons. The van der Waals surface area contributed by atoms with Crippen LogP contribution in [0.2, 0.25) is 0 Å². The minimum atomic E-state index is 0.473. The van der Waals surface area contributed by atoms with Gasteiger partial charge in [-0.25, -0.2) is 0 Å². The average Bonchev–Trinajstić information content (AvgIpc) is 3.02. The fourth-order valence-electron chi connectivity index (χ4n) is 2.50. The van der Waals surface area contributed by atoms with Gasteiger partial charge in [0.1, 0.15) is 11.5 Å². The standard InChI is InChI=1S/C16H28N2O2/c1-13(2)17-11-16-10-15(14(3)20-16)12-19-9-8-18-6-4-5-7-18/h10,13,17H,4-9,11-12H2,1-3H3. The lowest BCUT2D eigenvalue weighted by molar-refractivity contribution is 0.0985. The minimum Gasteiger partial charge on any atom is -0.465 e. The number of furan rings is 1. The van der Waals surface area contributed by atoms with E-state index in [0.29, 0.717) is 12.6 Å². The third-order valence-electron chi connectivity index (χ3n) is 3.76. The molecule has 1 fully saturated rings. The number of hydrogen-bond acceptors (Lipinski definition) is 4. The molecule has 0 radical (unpaired) electrons. The molecule has 0 atom stereocenters. The summed E-state index contributed by atoms with van der Waals surface area (Å²) in [6.45, 7) is 12.1. The highest BCUT2D eigenvalue weighted by molar-refractivity contribution is 5.19. The first-order chi connectivity index (χ1) is 9.65. The van der Waals surface area contributed by atoms with Gasteiger partial charge in [-0.1, -0.05) is 13.8 Å². The molecule has 0 aliphatic carbocycles. The fourth-order valence-corrected chi connectivity index (χ4v) is 2.50. The minimum absolute atomic E-state index is 0.473. The van der Waals surface area contributed by atoms with Crippen molar-refractivity contribution in [3.8, 4) is 0 Å². The molecule has 2 heterocycles. The second-order valence-electron chi connectivity index (χ2n) is 5.93. The Labute approximate surface area is 122 Å². The van der Waals surface area contributed by atoms with Crippen LogP contribution in [0.4, 0.5) is 0 Å². The number of rotatable bonds is 8. The van der Waals surface area contributed by atoms with Crippen LogP contribution >= 0.6 is 0 Å². The van der Waals surface area contributed by atoms with Crippen molar-refractivity contribution in [3.05, 3.63) is 23.2 Å². The molecule has 0 saturated carbocycles. The molecule has 4 nitrogen and oxygen atoms in total. The fraction of sp³-hybridized carbons (Fsp3) is 0.750. The molecule has 1 aliphatic rings. The SMILES string of the molecule is Cc1oc(CNC(C)C)cc1COCCN1CCCC1. The molecule has 0 spiro atoms. The Balaban J connectivity index is 1.69. The number of ether oxygens (including phenoxy) is 1. The van der Waals surface area contributed by atoms with Crippen LogP contribution in [-0.4, -0.2) is 37.2 Å². The molecule has 0 bridgehead atoms. The lowest BCUT2D eigenvalue weighted by Crippen LogP contribution is -2.23. The van der Waals surface area contributed by atoms with Gasteiger partial charge in [-0.3, -0.25) is 0 Å². The third-order valence-corrected chi connectivity index (χ3v) is 3.76. The van der Waals surface area contributed by atoms with Gasteiger partial charge in [0.25, 0.3) is 0 Å². The smallest absolute Gasteiger partial charge is 0.118 e. The molecule has 1 N–H and O–H groups in total. The van der Waals surface area contributed by atoms with E-state index in [4.69, 9.17) is 9.15 Å². The number of nitrogens with zero attached hydrogens (tertiary/aromatic N) is 1. The highest BCUT2D eigenvalue weighted by atomic mass is 16.5. The highest BCUT2D eigenvalue weighted by Gasteiger charge is 2.11. The van der Waals surface area contributed by atoms with Gasteiger partial charge in [0.15, 0.2) is 0 Å². The van der Waals surface area contributed by atoms with Crippen molar-refractivity contribution in [3.63, 3.8) is 0 Å². The topological polar surface area (TPSA) is 37.6 Å². The van der Waals surface area contributed by atoms with Gasteiger partial charge < -0.3 is 19.4 Å². The summed E-state index contributed by atoms with van der Waals surface area (Å²) in [4.78, 5) is 2.47. The van der Waals surface area contributed by atoms with Crippen molar-refractivity contribution in [2.75, 3.05) is 26.2 Å². The molecular formula is C16H28N2O2. The summed E-state index contributed by atoms with van der Waals surface area (Å²) in [6.07, 6.45) is 2.68. The molecule has 1 aromatic rings. The first kappa shape index (κ1) is 15.5. The molecule has 4 heteroatoms. The first-order valence-corrected chi connectivity index (χ1v) is 7.77. The van der Waals surface area contributed by atoms with E-state index in [0.717, 1.165) is 31.2 Å². The van der Waals surface area contributed by atoms with Crippen LogP contribution < -0.4 is 5.32 Å². The van der Waals surface area contributed by atoms with Gasteiger partial charge in [0, 0.05) is 18.2 Å². The van der Waals surface area contributed by atoms with Crippen LogP contribution in [0.3, 0.4) is 0 Å². The summed E-state index contributed by atoms with van der Waals surface area (Å²) in [6, 6.07) is 2.58. The molecule has 0 unspecified atom stereocenters. The number of nitrogens with one attached hydrogen (secondary N) is 1. The molecule has 2 rings (SSSR count). The van der Waals surface area contributed by atoms with E-state index in [1.807, 2.05) is 6.92 Å². The van der Waals surface area contributed by atoms with Gasteiger partial charge in [0.05, 0.1) is 19.8 Å². The lowest BCUT2D eigenvalue weighted by atomic mass is 10.2. The molecule has 1 saturated heterocycles. The number of likely N-dealkylation sites (tertiary alicyclic amines) is 1.